The first-order valence-corrected chi connectivity index (χ1v) is 9.11. The number of amides is 1. The highest BCUT2D eigenvalue weighted by atomic mass is 16.5. The molecule has 1 aromatic heterocycles. The molecule has 3 rings (SSSR count). The monoisotopic (exact) mass is 353 g/mol. The zero-order valence-electron chi connectivity index (χ0n) is 15.7. The van der Waals surface area contributed by atoms with Crippen LogP contribution in [-0.2, 0) is 11.2 Å². The van der Waals surface area contributed by atoms with E-state index in [1.54, 1.807) is 19.5 Å². The fourth-order valence-electron chi connectivity index (χ4n) is 3.82. The molecular weight excluding hydrogens is 326 g/mol. The van der Waals surface area contributed by atoms with E-state index in [4.69, 9.17) is 4.74 Å². The van der Waals surface area contributed by atoms with Crippen molar-refractivity contribution < 1.29 is 9.53 Å². The standard InChI is InChI=1S/C21H27N3O2/c1-15(12-17-6-4-5-7-19(17)26-3)23-14-18-13-20(25)24(2)21(18)16-8-10-22-11-9-16/h4-11,15,18,21,23H,12-14H2,1-3H3/t15?,18-,21-/m0/s1. The minimum absolute atomic E-state index is 0.108. The smallest absolute Gasteiger partial charge is 0.223 e. The van der Waals surface area contributed by atoms with Gasteiger partial charge in [-0.25, -0.2) is 0 Å². The molecule has 1 aliphatic rings. The van der Waals surface area contributed by atoms with E-state index in [0.717, 1.165) is 24.3 Å². The molecule has 0 radical (unpaired) electrons. The van der Waals surface area contributed by atoms with Crippen LogP contribution in [0.15, 0.2) is 48.8 Å². The number of hydrogen-bond donors (Lipinski definition) is 1. The Bertz CT molecular complexity index is 735. The predicted molar refractivity (Wildman–Crippen MR) is 102 cm³/mol. The van der Waals surface area contributed by atoms with Gasteiger partial charge in [-0.05, 0) is 42.7 Å². The third-order valence-corrected chi connectivity index (χ3v) is 5.19. The molecule has 1 amide bonds. The Kier molecular flexibility index (Phi) is 5.89. The van der Waals surface area contributed by atoms with E-state index < -0.39 is 0 Å². The summed E-state index contributed by atoms with van der Waals surface area (Å²) in [5.74, 6) is 1.39. The van der Waals surface area contributed by atoms with Gasteiger partial charge in [0.15, 0.2) is 0 Å². The van der Waals surface area contributed by atoms with E-state index in [9.17, 15) is 4.79 Å². The van der Waals surface area contributed by atoms with Crippen molar-refractivity contribution in [1.82, 2.24) is 15.2 Å². The molecule has 0 saturated carbocycles. The van der Waals surface area contributed by atoms with Crippen LogP contribution >= 0.6 is 0 Å². The largest absolute Gasteiger partial charge is 0.496 e. The summed E-state index contributed by atoms with van der Waals surface area (Å²) in [6.07, 6.45) is 5.06. The fraction of sp³-hybridized carbons (Fsp3) is 0.429. The Hall–Kier alpha value is -2.40. The topological polar surface area (TPSA) is 54.5 Å². The summed E-state index contributed by atoms with van der Waals surface area (Å²) in [6.45, 7) is 2.98. The first-order valence-electron chi connectivity index (χ1n) is 9.11. The summed E-state index contributed by atoms with van der Waals surface area (Å²) in [6, 6.07) is 12.5. The normalized spacial score (nSPS) is 21.0. The minimum Gasteiger partial charge on any atom is -0.496 e. The van der Waals surface area contributed by atoms with Gasteiger partial charge < -0.3 is 15.0 Å². The average molecular weight is 353 g/mol. The highest BCUT2D eigenvalue weighted by molar-refractivity contribution is 5.79. The number of aromatic nitrogens is 1. The van der Waals surface area contributed by atoms with Gasteiger partial charge >= 0.3 is 0 Å². The first kappa shape index (κ1) is 18.4. The van der Waals surface area contributed by atoms with Crippen LogP contribution in [0.3, 0.4) is 0 Å². The number of carbonyl (C=O) groups excluding carboxylic acids is 1. The molecule has 1 saturated heterocycles. The van der Waals surface area contributed by atoms with Gasteiger partial charge in [-0.1, -0.05) is 18.2 Å². The number of methoxy groups -OCH3 is 1. The molecule has 5 heteroatoms. The third kappa shape index (κ3) is 4.05. The van der Waals surface area contributed by atoms with Gasteiger partial charge in [0.2, 0.25) is 5.91 Å². The van der Waals surface area contributed by atoms with Crippen molar-refractivity contribution in [3.8, 4) is 5.75 Å². The van der Waals surface area contributed by atoms with Gasteiger partial charge in [0, 0.05) is 44.4 Å². The van der Waals surface area contributed by atoms with E-state index in [2.05, 4.69) is 23.3 Å². The fourth-order valence-corrected chi connectivity index (χ4v) is 3.82. The maximum absolute atomic E-state index is 12.3. The number of pyridine rings is 1. The Balaban J connectivity index is 1.63. The molecule has 0 spiro atoms. The first-order chi connectivity index (χ1) is 12.6. The second-order valence-electron chi connectivity index (χ2n) is 7.02. The SMILES string of the molecule is COc1ccccc1CC(C)NC[C@@H]1CC(=O)N(C)[C@H]1c1ccncc1. The second-order valence-corrected chi connectivity index (χ2v) is 7.02. The lowest BCUT2D eigenvalue weighted by atomic mass is 9.94. The molecule has 138 valence electrons. The maximum atomic E-state index is 12.3. The van der Waals surface area contributed by atoms with E-state index in [1.807, 2.05) is 42.3 Å². The van der Waals surface area contributed by atoms with Gasteiger partial charge in [0.1, 0.15) is 5.75 Å². The van der Waals surface area contributed by atoms with Crippen LogP contribution in [-0.4, -0.2) is 42.5 Å². The van der Waals surface area contributed by atoms with Gasteiger partial charge in [0.05, 0.1) is 13.2 Å². The minimum atomic E-state index is 0.108. The van der Waals surface area contributed by atoms with E-state index >= 15 is 0 Å². The average Bonchev–Trinajstić information content (AvgIpc) is 2.95. The lowest BCUT2D eigenvalue weighted by molar-refractivity contribution is -0.127. The molecular formula is C21H27N3O2. The number of rotatable bonds is 7. The number of carbonyl (C=O) groups is 1. The number of ether oxygens (including phenoxy) is 1. The Morgan fingerprint density at radius 1 is 1.27 bits per heavy atom. The zero-order chi connectivity index (χ0) is 18.5. The number of nitrogens with one attached hydrogen (secondary N) is 1. The van der Waals surface area contributed by atoms with E-state index in [0.29, 0.717) is 12.5 Å². The highest BCUT2D eigenvalue weighted by Crippen LogP contribution is 2.36. The number of likely N-dealkylation sites (tertiary alicyclic amines) is 1. The van der Waals surface area contributed by atoms with Crippen molar-refractivity contribution >= 4 is 5.91 Å². The van der Waals surface area contributed by atoms with Crippen LogP contribution in [0.2, 0.25) is 0 Å². The molecule has 2 aromatic rings. The van der Waals surface area contributed by atoms with Gasteiger partial charge in [-0.3, -0.25) is 9.78 Å². The van der Waals surface area contributed by atoms with Crippen LogP contribution in [0.4, 0.5) is 0 Å². The number of benzene rings is 1. The molecule has 1 N–H and O–H groups in total. The Labute approximate surface area is 155 Å². The van der Waals surface area contributed by atoms with E-state index in [1.165, 1.54) is 5.56 Å². The predicted octanol–water partition coefficient (Wildman–Crippen LogP) is 2.83. The van der Waals surface area contributed by atoms with Crippen molar-refractivity contribution in [2.45, 2.75) is 31.8 Å². The van der Waals surface area contributed by atoms with Crippen LogP contribution in [0.1, 0.15) is 30.5 Å². The molecule has 2 heterocycles. The van der Waals surface area contributed by atoms with Crippen LogP contribution in [0.25, 0.3) is 0 Å². The third-order valence-electron chi connectivity index (χ3n) is 5.19. The molecule has 0 aliphatic carbocycles. The summed E-state index contributed by atoms with van der Waals surface area (Å²) in [4.78, 5) is 18.2. The molecule has 0 bridgehead atoms. The molecule has 1 unspecified atom stereocenters. The van der Waals surface area contributed by atoms with Crippen LogP contribution < -0.4 is 10.1 Å². The van der Waals surface area contributed by atoms with Crippen LogP contribution in [0, 0.1) is 5.92 Å². The molecule has 1 fully saturated rings. The van der Waals surface area contributed by atoms with Crippen molar-refractivity contribution in [3.63, 3.8) is 0 Å². The Morgan fingerprint density at radius 3 is 2.73 bits per heavy atom. The summed E-state index contributed by atoms with van der Waals surface area (Å²) < 4.78 is 5.44. The molecule has 3 atom stereocenters. The molecule has 26 heavy (non-hydrogen) atoms. The summed E-state index contributed by atoms with van der Waals surface area (Å²) >= 11 is 0. The summed E-state index contributed by atoms with van der Waals surface area (Å²) in [5.41, 5.74) is 2.35. The maximum Gasteiger partial charge on any atom is 0.223 e. The molecule has 1 aliphatic heterocycles. The lowest BCUT2D eigenvalue weighted by Crippen LogP contribution is -2.35. The zero-order valence-corrected chi connectivity index (χ0v) is 15.7. The summed E-state index contributed by atoms with van der Waals surface area (Å²) in [5, 5.41) is 3.62. The summed E-state index contributed by atoms with van der Waals surface area (Å²) in [7, 11) is 3.60. The van der Waals surface area contributed by atoms with Crippen LogP contribution in [0.5, 0.6) is 5.75 Å². The van der Waals surface area contributed by atoms with Crippen molar-refractivity contribution in [1.29, 1.82) is 0 Å². The number of para-hydroxylation sites is 1. The van der Waals surface area contributed by atoms with Crippen molar-refractivity contribution in [3.05, 3.63) is 59.9 Å². The lowest BCUT2D eigenvalue weighted by Gasteiger charge is -2.26. The van der Waals surface area contributed by atoms with Gasteiger partial charge in [0.25, 0.3) is 0 Å². The van der Waals surface area contributed by atoms with Crippen molar-refractivity contribution in [2.75, 3.05) is 20.7 Å². The number of nitrogens with zero attached hydrogens (tertiary/aromatic N) is 2. The Morgan fingerprint density at radius 2 is 2.00 bits per heavy atom. The highest BCUT2D eigenvalue weighted by Gasteiger charge is 2.38. The molecule has 5 nitrogen and oxygen atoms in total. The van der Waals surface area contributed by atoms with Gasteiger partial charge in [-0.15, -0.1) is 0 Å². The molecule has 1 aromatic carbocycles. The van der Waals surface area contributed by atoms with E-state index in [-0.39, 0.29) is 17.9 Å². The second kappa shape index (κ2) is 8.32. The van der Waals surface area contributed by atoms with Crippen molar-refractivity contribution in [2.24, 2.45) is 5.92 Å². The quantitative estimate of drug-likeness (QED) is 0.832. The van der Waals surface area contributed by atoms with Gasteiger partial charge in [-0.2, -0.15) is 0 Å². The number of hydrogen-bond acceptors (Lipinski definition) is 4.